The molecule has 0 aromatic carbocycles. The second-order valence-corrected chi connectivity index (χ2v) is 6.54. The molecule has 0 spiro atoms. The lowest BCUT2D eigenvalue weighted by Crippen LogP contribution is -2.68. The highest BCUT2D eigenvalue weighted by Gasteiger charge is 2.50. The van der Waals surface area contributed by atoms with Gasteiger partial charge < -0.3 is 10.5 Å². The number of carbonyl (C=O) groups is 2. The van der Waals surface area contributed by atoms with Crippen LogP contribution in [0.25, 0.3) is 0 Å². The Kier molecular flexibility index (Phi) is 4.04. The van der Waals surface area contributed by atoms with Crippen LogP contribution in [-0.2, 0) is 14.3 Å². The van der Waals surface area contributed by atoms with Crippen molar-refractivity contribution < 1.29 is 14.3 Å². The van der Waals surface area contributed by atoms with Crippen molar-refractivity contribution in [3.8, 4) is 0 Å². The van der Waals surface area contributed by atoms with Crippen LogP contribution in [0.15, 0.2) is 11.8 Å². The van der Waals surface area contributed by atoms with E-state index in [-0.39, 0.29) is 22.9 Å². The molecule has 2 N–H and O–H groups in total. The quantitative estimate of drug-likeness (QED) is 0.475. The molecule has 2 aliphatic rings. The summed E-state index contributed by atoms with van der Waals surface area (Å²) in [6.07, 6.45) is 1.57. The third kappa shape index (κ3) is 2.44. The monoisotopic (exact) mass is 330 g/mol. The van der Waals surface area contributed by atoms with Gasteiger partial charge in [-0.1, -0.05) is 23.2 Å². The summed E-state index contributed by atoms with van der Waals surface area (Å²) in [4.78, 5) is 24.7. The maximum Gasteiger partial charge on any atom is 0.357 e. The van der Waals surface area contributed by atoms with Crippen LogP contribution in [0, 0.1) is 0 Å². The van der Waals surface area contributed by atoms with Crippen molar-refractivity contribution in [2.45, 2.75) is 15.9 Å². The predicted molar refractivity (Wildman–Crippen MR) is 70.4 cm³/mol. The number of hydrogen-bond acceptors (Lipinski definition) is 5. The van der Waals surface area contributed by atoms with Gasteiger partial charge in [-0.05, 0) is 6.08 Å². The van der Waals surface area contributed by atoms with Gasteiger partial charge in [-0.2, -0.15) is 0 Å². The molecule has 0 unspecified atom stereocenters. The highest BCUT2D eigenvalue weighted by atomic mass is 35.5. The van der Waals surface area contributed by atoms with Crippen LogP contribution in [0.2, 0.25) is 0 Å². The Morgan fingerprint density at radius 2 is 2.33 bits per heavy atom. The zero-order valence-electron chi connectivity index (χ0n) is 8.94. The van der Waals surface area contributed by atoms with Crippen molar-refractivity contribution in [2.75, 3.05) is 11.6 Å². The van der Waals surface area contributed by atoms with Gasteiger partial charge >= 0.3 is 5.97 Å². The van der Waals surface area contributed by atoms with E-state index in [4.69, 9.17) is 45.3 Å². The van der Waals surface area contributed by atoms with Gasteiger partial charge in [0.1, 0.15) is 17.1 Å². The van der Waals surface area contributed by atoms with Crippen molar-refractivity contribution in [1.29, 1.82) is 0 Å². The first-order valence-electron chi connectivity index (χ1n) is 4.95. The number of nitrogens with zero attached hydrogens (tertiary/aromatic N) is 1. The molecule has 5 nitrogen and oxygen atoms in total. The molecule has 100 valence electrons. The molecule has 0 aromatic rings. The van der Waals surface area contributed by atoms with Crippen LogP contribution in [0.1, 0.15) is 0 Å². The molecule has 1 fully saturated rings. The van der Waals surface area contributed by atoms with E-state index in [9.17, 15) is 9.59 Å². The number of β-lactam (4-membered cyclic amide) rings is 1. The van der Waals surface area contributed by atoms with Crippen LogP contribution >= 0.6 is 46.6 Å². The summed E-state index contributed by atoms with van der Waals surface area (Å²) in [5, 5.41) is -0.235. The third-order valence-corrected chi connectivity index (χ3v) is 4.77. The Balaban J connectivity index is 2.11. The fraction of sp³-hybridized carbons (Fsp3) is 0.556. The number of amides is 1. The molecule has 2 heterocycles. The molecular weight excluding hydrogens is 323 g/mol. The van der Waals surface area contributed by atoms with Crippen molar-refractivity contribution >= 4 is 58.4 Å². The smallest absolute Gasteiger partial charge is 0.357 e. The van der Waals surface area contributed by atoms with Gasteiger partial charge in [-0.15, -0.1) is 23.4 Å². The number of halogens is 3. The van der Waals surface area contributed by atoms with Crippen LogP contribution < -0.4 is 5.73 Å². The molecule has 0 saturated carbocycles. The van der Waals surface area contributed by atoms with Crippen molar-refractivity contribution in [3.05, 3.63) is 11.8 Å². The summed E-state index contributed by atoms with van der Waals surface area (Å²) < 4.78 is 3.00. The highest BCUT2D eigenvalue weighted by Crippen LogP contribution is 2.37. The molecule has 2 aliphatic heterocycles. The third-order valence-electron chi connectivity index (χ3n) is 2.49. The number of nitrogens with two attached hydrogens (primary N) is 1. The number of carbonyl (C=O) groups excluding carboxylic acids is 2. The number of thioether (sulfide) groups is 1. The summed E-state index contributed by atoms with van der Waals surface area (Å²) >= 11 is 18.2. The number of fused-ring (bicyclic) bond motifs is 1. The molecule has 1 saturated heterocycles. The number of hydrogen-bond donors (Lipinski definition) is 1. The molecule has 0 aromatic heterocycles. The zero-order chi connectivity index (χ0) is 13.5. The molecule has 18 heavy (non-hydrogen) atoms. The van der Waals surface area contributed by atoms with Crippen LogP contribution in [0.5, 0.6) is 0 Å². The second kappa shape index (κ2) is 5.09. The molecule has 1 amide bonds. The fourth-order valence-corrected chi connectivity index (χ4v) is 2.98. The first-order valence-corrected chi connectivity index (χ1v) is 7.29. The van der Waals surface area contributed by atoms with E-state index in [0.29, 0.717) is 5.75 Å². The van der Waals surface area contributed by atoms with Gasteiger partial charge in [0.25, 0.3) is 4.52 Å². The average molecular weight is 332 g/mol. The predicted octanol–water partition coefficient (Wildman–Crippen LogP) is 1.03. The van der Waals surface area contributed by atoms with Gasteiger partial charge in [-0.25, -0.2) is 4.79 Å². The Hall–Kier alpha value is -0.140. The topological polar surface area (TPSA) is 72.6 Å². The maximum absolute atomic E-state index is 11.9. The van der Waals surface area contributed by atoms with Gasteiger partial charge in [0, 0.05) is 5.75 Å². The Morgan fingerprint density at radius 1 is 1.67 bits per heavy atom. The molecule has 2 rings (SSSR count). The zero-order valence-corrected chi connectivity index (χ0v) is 12.0. The van der Waals surface area contributed by atoms with Crippen molar-refractivity contribution in [2.24, 2.45) is 5.73 Å². The lowest BCUT2D eigenvalue weighted by atomic mass is 10.1. The molecule has 0 aliphatic carbocycles. The molecule has 0 radical (unpaired) electrons. The minimum atomic E-state index is -1.81. The Morgan fingerprint density at radius 3 is 2.94 bits per heavy atom. The van der Waals surface area contributed by atoms with Crippen LogP contribution in [-0.4, -0.2) is 44.3 Å². The molecule has 0 bridgehead atoms. The number of ether oxygens (including phenoxy) is 1. The van der Waals surface area contributed by atoms with E-state index < -0.39 is 16.5 Å². The summed E-state index contributed by atoms with van der Waals surface area (Å²) in [6, 6.07) is -0.587. The minimum Gasteiger partial charge on any atom is -0.423 e. The van der Waals surface area contributed by atoms with Crippen molar-refractivity contribution in [3.63, 3.8) is 0 Å². The van der Waals surface area contributed by atoms with E-state index in [1.807, 2.05) is 0 Å². The first-order chi connectivity index (χ1) is 8.37. The van der Waals surface area contributed by atoms with E-state index >= 15 is 0 Å². The van der Waals surface area contributed by atoms with Crippen LogP contribution in [0.4, 0.5) is 0 Å². The molecular formula is C9H9Cl3N2O3S. The number of esters is 1. The van der Waals surface area contributed by atoms with E-state index in [1.165, 1.54) is 16.7 Å². The number of rotatable bonds is 3. The number of alkyl halides is 3. The SMILES string of the molecule is N[C@@H]1C(=O)N2C(C(=O)OC(Cl)(Cl)CCl)=CCS[C@H]12. The van der Waals surface area contributed by atoms with Gasteiger partial charge in [-0.3, -0.25) is 9.69 Å². The summed E-state index contributed by atoms with van der Waals surface area (Å²) in [5.74, 6) is -0.826. The normalized spacial score (nSPS) is 27.2. The van der Waals surface area contributed by atoms with E-state index in [0.717, 1.165) is 0 Å². The lowest BCUT2D eigenvalue weighted by molar-refractivity contribution is -0.152. The van der Waals surface area contributed by atoms with Crippen molar-refractivity contribution in [1.82, 2.24) is 4.90 Å². The van der Waals surface area contributed by atoms with E-state index in [1.54, 1.807) is 6.08 Å². The Labute approximate surface area is 123 Å². The summed E-state index contributed by atoms with van der Waals surface area (Å²) in [6.45, 7) is 0. The van der Waals surface area contributed by atoms with Crippen LogP contribution in [0.3, 0.4) is 0 Å². The minimum absolute atomic E-state index is 0.112. The molecule has 9 heteroatoms. The standard InChI is InChI=1S/C9H9Cl3N2O3S/c10-3-9(11,12)17-8(16)4-1-2-18-7-5(13)6(15)14(4)7/h1,5,7H,2-3,13H2/t5-,7-/m1/s1. The fourth-order valence-electron chi connectivity index (χ4n) is 1.64. The van der Waals surface area contributed by atoms with E-state index in [2.05, 4.69) is 0 Å². The molecule has 2 atom stereocenters. The summed E-state index contributed by atoms with van der Waals surface area (Å²) in [5.41, 5.74) is 5.74. The average Bonchev–Trinajstić information content (AvgIpc) is 2.36. The lowest BCUT2D eigenvalue weighted by Gasteiger charge is -2.47. The van der Waals surface area contributed by atoms with Gasteiger partial charge in [0.15, 0.2) is 0 Å². The second-order valence-electron chi connectivity index (χ2n) is 3.71. The largest absolute Gasteiger partial charge is 0.423 e. The van der Waals surface area contributed by atoms with Gasteiger partial charge in [0.2, 0.25) is 5.91 Å². The van der Waals surface area contributed by atoms with Gasteiger partial charge in [0.05, 0.1) is 5.88 Å². The Bertz CT molecular complexity index is 429. The maximum atomic E-state index is 11.9. The first kappa shape index (κ1) is 14.3. The highest BCUT2D eigenvalue weighted by molar-refractivity contribution is 8.00. The summed E-state index contributed by atoms with van der Waals surface area (Å²) in [7, 11) is 0.